The minimum Gasteiger partial charge on any atom is -0.489 e. The van der Waals surface area contributed by atoms with Crippen LogP contribution in [0.5, 0.6) is 5.75 Å². The summed E-state index contributed by atoms with van der Waals surface area (Å²) in [5.74, 6) is 0.849. The molecule has 2 nitrogen and oxygen atoms in total. The summed E-state index contributed by atoms with van der Waals surface area (Å²) in [4.78, 5) is 10.9. The maximum atomic E-state index is 10.9. The van der Waals surface area contributed by atoms with E-state index in [1.54, 1.807) is 0 Å². The molecule has 2 heteroatoms. The molecule has 0 bridgehead atoms. The van der Waals surface area contributed by atoms with Gasteiger partial charge in [-0.15, -0.1) is 0 Å². The van der Waals surface area contributed by atoms with Crippen LogP contribution in [0.4, 0.5) is 0 Å². The lowest BCUT2D eigenvalue weighted by molar-refractivity contribution is -0.114. The van der Waals surface area contributed by atoms with Crippen molar-refractivity contribution in [1.82, 2.24) is 0 Å². The molecule has 0 aliphatic heterocycles. The van der Waals surface area contributed by atoms with E-state index in [2.05, 4.69) is 0 Å². The van der Waals surface area contributed by atoms with E-state index in [1.165, 1.54) is 0 Å². The van der Waals surface area contributed by atoms with Crippen molar-refractivity contribution in [3.05, 3.63) is 65.7 Å². The first-order chi connectivity index (χ1) is 9.59. The molecule has 0 spiro atoms. The molecule has 0 unspecified atom stereocenters. The van der Waals surface area contributed by atoms with E-state index in [9.17, 15) is 4.79 Å². The van der Waals surface area contributed by atoms with Gasteiger partial charge in [0, 0.05) is 5.41 Å². The second-order valence-electron chi connectivity index (χ2n) is 5.70. The Morgan fingerprint density at radius 1 is 0.950 bits per heavy atom. The Labute approximate surface area is 120 Å². The first-order valence-corrected chi connectivity index (χ1v) is 6.81. The molecule has 0 aliphatic rings. The van der Waals surface area contributed by atoms with Crippen LogP contribution >= 0.6 is 0 Å². The van der Waals surface area contributed by atoms with Crippen LogP contribution in [-0.4, -0.2) is 6.29 Å². The highest BCUT2D eigenvalue weighted by Crippen LogP contribution is 2.21. The number of rotatable bonds is 6. The van der Waals surface area contributed by atoms with Gasteiger partial charge < -0.3 is 9.53 Å². The summed E-state index contributed by atoms with van der Waals surface area (Å²) in [5.41, 5.74) is 1.99. The van der Waals surface area contributed by atoms with Gasteiger partial charge in [0.25, 0.3) is 0 Å². The van der Waals surface area contributed by atoms with Gasteiger partial charge in [0.05, 0.1) is 0 Å². The minimum absolute atomic E-state index is 0.313. The molecule has 0 amide bonds. The Bertz CT molecular complexity index is 541. The van der Waals surface area contributed by atoms with E-state index in [-0.39, 0.29) is 5.41 Å². The lowest BCUT2D eigenvalue weighted by Crippen LogP contribution is -2.16. The van der Waals surface area contributed by atoms with Gasteiger partial charge in [-0.25, -0.2) is 0 Å². The zero-order chi connectivity index (χ0) is 14.4. The second kappa shape index (κ2) is 6.38. The van der Waals surface area contributed by atoms with E-state index in [0.717, 1.165) is 29.6 Å². The van der Waals surface area contributed by atoms with E-state index in [4.69, 9.17) is 4.74 Å². The van der Waals surface area contributed by atoms with Gasteiger partial charge in [-0.05, 0) is 29.7 Å². The molecule has 2 aromatic carbocycles. The standard InChI is InChI=1S/C18H20O2/c1-18(2,14-19)12-15-8-10-17(11-9-15)20-13-16-6-4-3-5-7-16/h3-11,14H,12-13H2,1-2H3. The van der Waals surface area contributed by atoms with Crippen LogP contribution in [0, 0.1) is 5.41 Å². The highest BCUT2D eigenvalue weighted by Gasteiger charge is 2.16. The van der Waals surface area contributed by atoms with Crippen molar-refractivity contribution in [1.29, 1.82) is 0 Å². The summed E-state index contributed by atoms with van der Waals surface area (Å²) in [7, 11) is 0. The van der Waals surface area contributed by atoms with Crippen LogP contribution in [0.15, 0.2) is 54.6 Å². The molecule has 20 heavy (non-hydrogen) atoms. The summed E-state index contributed by atoms with van der Waals surface area (Å²) in [6, 6.07) is 18.0. The summed E-state index contributed by atoms with van der Waals surface area (Å²) in [6.45, 7) is 4.46. The highest BCUT2D eigenvalue weighted by atomic mass is 16.5. The van der Waals surface area contributed by atoms with E-state index >= 15 is 0 Å². The van der Waals surface area contributed by atoms with Crippen molar-refractivity contribution >= 4 is 6.29 Å². The highest BCUT2D eigenvalue weighted by molar-refractivity contribution is 5.58. The SMILES string of the molecule is CC(C)(C=O)Cc1ccc(OCc2ccccc2)cc1. The van der Waals surface area contributed by atoms with Crippen LogP contribution in [0.25, 0.3) is 0 Å². The van der Waals surface area contributed by atoms with E-state index in [1.807, 2.05) is 68.4 Å². The van der Waals surface area contributed by atoms with Crippen molar-refractivity contribution in [3.63, 3.8) is 0 Å². The number of benzene rings is 2. The largest absolute Gasteiger partial charge is 0.489 e. The normalized spacial score (nSPS) is 11.1. The third kappa shape index (κ3) is 4.23. The number of aldehydes is 1. The maximum absolute atomic E-state index is 10.9. The smallest absolute Gasteiger partial charge is 0.125 e. The molecule has 0 aliphatic carbocycles. The predicted octanol–water partition coefficient (Wildman–Crippen LogP) is 4.03. The maximum Gasteiger partial charge on any atom is 0.125 e. The van der Waals surface area contributed by atoms with Crippen LogP contribution < -0.4 is 4.74 Å². The average Bonchev–Trinajstić information content (AvgIpc) is 2.47. The molecule has 0 saturated carbocycles. The molecule has 0 aromatic heterocycles. The van der Waals surface area contributed by atoms with Crippen LogP contribution in [0.1, 0.15) is 25.0 Å². The number of hydrogen-bond acceptors (Lipinski definition) is 2. The quantitative estimate of drug-likeness (QED) is 0.739. The predicted molar refractivity (Wildman–Crippen MR) is 80.8 cm³/mol. The lowest BCUT2D eigenvalue weighted by Gasteiger charge is -2.16. The van der Waals surface area contributed by atoms with Crippen molar-refractivity contribution in [2.45, 2.75) is 26.9 Å². The second-order valence-corrected chi connectivity index (χ2v) is 5.70. The third-order valence-electron chi connectivity index (χ3n) is 3.15. The lowest BCUT2D eigenvalue weighted by atomic mass is 9.87. The van der Waals surface area contributed by atoms with Crippen molar-refractivity contribution in [2.75, 3.05) is 0 Å². The molecule has 0 heterocycles. The van der Waals surface area contributed by atoms with Crippen LogP contribution in [0.3, 0.4) is 0 Å². The summed E-state index contributed by atoms with van der Waals surface area (Å²) < 4.78 is 5.73. The summed E-state index contributed by atoms with van der Waals surface area (Å²) in [6.07, 6.45) is 1.75. The average molecular weight is 268 g/mol. The third-order valence-corrected chi connectivity index (χ3v) is 3.15. The fourth-order valence-electron chi connectivity index (χ4n) is 2.01. The molecule has 2 rings (SSSR count). The Hall–Kier alpha value is -2.09. The number of carbonyl (C=O) groups excluding carboxylic acids is 1. The summed E-state index contributed by atoms with van der Waals surface area (Å²) >= 11 is 0. The van der Waals surface area contributed by atoms with Gasteiger partial charge >= 0.3 is 0 Å². The molecule has 2 aromatic rings. The van der Waals surface area contributed by atoms with Gasteiger partial charge in [-0.1, -0.05) is 56.3 Å². The number of carbonyl (C=O) groups is 1. The van der Waals surface area contributed by atoms with Crippen LogP contribution in [-0.2, 0) is 17.8 Å². The Kier molecular flexibility index (Phi) is 4.57. The van der Waals surface area contributed by atoms with E-state index < -0.39 is 0 Å². The first-order valence-electron chi connectivity index (χ1n) is 6.81. The molecule has 104 valence electrons. The Balaban J connectivity index is 1.93. The molecule has 0 radical (unpaired) electrons. The van der Waals surface area contributed by atoms with Crippen molar-refractivity contribution in [2.24, 2.45) is 5.41 Å². The molecule has 0 saturated heterocycles. The van der Waals surface area contributed by atoms with Crippen molar-refractivity contribution < 1.29 is 9.53 Å². The van der Waals surface area contributed by atoms with Gasteiger partial charge in [-0.3, -0.25) is 0 Å². The fraction of sp³-hybridized carbons (Fsp3) is 0.278. The number of hydrogen-bond donors (Lipinski definition) is 0. The molecule has 0 N–H and O–H groups in total. The molecule has 0 fully saturated rings. The van der Waals surface area contributed by atoms with Gasteiger partial charge in [0.15, 0.2) is 0 Å². The molecular formula is C18H20O2. The van der Waals surface area contributed by atoms with Gasteiger partial charge in [0.2, 0.25) is 0 Å². The zero-order valence-electron chi connectivity index (χ0n) is 12.0. The van der Waals surface area contributed by atoms with Crippen LogP contribution in [0.2, 0.25) is 0 Å². The fourth-order valence-corrected chi connectivity index (χ4v) is 2.01. The first kappa shape index (κ1) is 14.3. The monoisotopic (exact) mass is 268 g/mol. The zero-order valence-corrected chi connectivity index (χ0v) is 12.0. The molecular weight excluding hydrogens is 248 g/mol. The van der Waals surface area contributed by atoms with Crippen molar-refractivity contribution in [3.8, 4) is 5.75 Å². The Morgan fingerprint density at radius 3 is 2.20 bits per heavy atom. The minimum atomic E-state index is -0.313. The van der Waals surface area contributed by atoms with Gasteiger partial charge in [-0.2, -0.15) is 0 Å². The molecule has 0 atom stereocenters. The van der Waals surface area contributed by atoms with E-state index in [0.29, 0.717) is 6.61 Å². The Morgan fingerprint density at radius 2 is 1.60 bits per heavy atom. The summed E-state index contributed by atoms with van der Waals surface area (Å²) in [5, 5.41) is 0. The topological polar surface area (TPSA) is 26.3 Å². The van der Waals surface area contributed by atoms with Gasteiger partial charge in [0.1, 0.15) is 18.6 Å². The number of ether oxygens (including phenoxy) is 1.